The Kier molecular flexibility index (Phi) is 14.7. The number of amides is 2. The minimum Gasteiger partial charge on any atom is -0.477 e. The molecule has 0 aromatic carbocycles. The third-order valence-corrected chi connectivity index (χ3v) is 7.41. The first-order valence-electron chi connectivity index (χ1n) is 14.0. The fraction of sp³-hybridized carbons (Fsp3) is 0.840. The van der Waals surface area contributed by atoms with Crippen LogP contribution in [0.2, 0.25) is 0 Å². The van der Waals surface area contributed by atoms with Crippen molar-refractivity contribution in [2.45, 2.75) is 112 Å². The van der Waals surface area contributed by atoms with Crippen molar-refractivity contribution in [2.24, 2.45) is 0 Å². The molecule has 2 fully saturated rings. The van der Waals surface area contributed by atoms with Gasteiger partial charge >= 0.3 is 5.97 Å². The van der Waals surface area contributed by atoms with Gasteiger partial charge in [-0.1, -0.05) is 0 Å². The summed E-state index contributed by atoms with van der Waals surface area (Å²) in [5.41, 5.74) is 0. The van der Waals surface area contributed by atoms with Gasteiger partial charge in [-0.3, -0.25) is 9.59 Å². The zero-order chi connectivity index (χ0) is 35.1. The molecule has 21 nitrogen and oxygen atoms in total. The maximum atomic E-state index is 12.4. The van der Waals surface area contributed by atoms with Crippen molar-refractivity contribution in [3.8, 4) is 0 Å². The Labute approximate surface area is 260 Å². The van der Waals surface area contributed by atoms with Crippen molar-refractivity contribution in [3.05, 3.63) is 0 Å². The lowest BCUT2D eigenvalue weighted by Gasteiger charge is -2.47. The summed E-state index contributed by atoms with van der Waals surface area (Å²) >= 11 is 0. The van der Waals surface area contributed by atoms with Gasteiger partial charge in [0.25, 0.3) is 5.79 Å². The van der Waals surface area contributed by atoms with Gasteiger partial charge in [0.15, 0.2) is 6.29 Å². The van der Waals surface area contributed by atoms with Crippen molar-refractivity contribution in [2.75, 3.05) is 19.8 Å². The number of ether oxygens (including phenoxy) is 4. The van der Waals surface area contributed by atoms with E-state index in [9.17, 15) is 75.3 Å². The highest BCUT2D eigenvalue weighted by molar-refractivity contribution is 5.77. The third-order valence-electron chi connectivity index (χ3n) is 7.41. The Morgan fingerprint density at radius 3 is 2.07 bits per heavy atom. The van der Waals surface area contributed by atoms with Crippen LogP contribution in [0.15, 0.2) is 0 Å². The van der Waals surface area contributed by atoms with Crippen molar-refractivity contribution in [1.82, 2.24) is 10.6 Å². The number of aliphatic hydroxyl groups is 10. The first-order valence-corrected chi connectivity index (χ1v) is 14.0. The van der Waals surface area contributed by atoms with E-state index in [1.165, 1.54) is 0 Å². The van der Waals surface area contributed by atoms with E-state index < -0.39 is 135 Å². The lowest BCUT2D eigenvalue weighted by Crippen LogP contribution is -2.68. The largest absolute Gasteiger partial charge is 0.477 e. The number of carbonyl (C=O) groups excluding carboxylic acids is 3. The number of aliphatic hydroxyl groups excluding tert-OH is 10. The maximum Gasteiger partial charge on any atom is 0.364 e. The SMILES string of the molecule is CC(=O)N[C@H]1[C@H]([C@H](O)[C@H](O)CO)O[C@](OC[C@H]2O[C@@H](O[C@@H]([C@H](O)[C@H](C=O)NC(C)=O)[C@H](O)CO)[C@H](O)[C@@H](O)[C@H]2O)(C(=O)O)C[C@@H]1O. The normalized spacial score (nSPS) is 35.6. The minimum absolute atomic E-state index is 0.0874. The van der Waals surface area contributed by atoms with E-state index >= 15 is 0 Å². The van der Waals surface area contributed by atoms with Crippen LogP contribution in [0.4, 0.5) is 0 Å². The molecule has 2 heterocycles. The molecule has 2 aliphatic rings. The Balaban J connectivity index is 2.35. The van der Waals surface area contributed by atoms with Crippen LogP contribution in [0.1, 0.15) is 20.3 Å². The predicted molar refractivity (Wildman–Crippen MR) is 143 cm³/mol. The van der Waals surface area contributed by atoms with Gasteiger partial charge < -0.3 is 90.5 Å². The van der Waals surface area contributed by atoms with Crippen LogP contribution in [-0.4, -0.2) is 191 Å². The van der Waals surface area contributed by atoms with E-state index in [-0.39, 0.29) is 6.29 Å². The van der Waals surface area contributed by atoms with Crippen molar-refractivity contribution in [1.29, 1.82) is 0 Å². The summed E-state index contributed by atoms with van der Waals surface area (Å²) in [6.45, 7) is -1.09. The second kappa shape index (κ2) is 17.1. The topological polar surface area (TPSA) is 352 Å². The lowest BCUT2D eigenvalue weighted by molar-refractivity contribution is -0.348. The molecule has 266 valence electrons. The first kappa shape index (κ1) is 39.7. The standard InChI is InChI=1S/C25H42N2O19/c1-8(31)26-10(4-28)16(36)21(13(35)6-30)45-23-20(40)19(39)18(38)14(44-23)7-43-25(24(41)42)3-11(33)15(27-9(2)32)22(46-25)17(37)12(34)5-29/h4,10-23,29-30,33-40H,3,5-7H2,1-2H3,(H,26,31)(H,27,32)(H,41,42)/t10-,11-,12+,13+,14+,15+,16+,17+,18-,19-,20+,21+,22+,23-,25-/m0/s1. The smallest absolute Gasteiger partial charge is 0.364 e. The molecule has 21 heteroatoms. The van der Waals surface area contributed by atoms with E-state index in [1.807, 2.05) is 0 Å². The summed E-state index contributed by atoms with van der Waals surface area (Å²) in [5.74, 6) is -6.30. The molecule has 0 saturated carbocycles. The monoisotopic (exact) mass is 674 g/mol. The Hall–Kier alpha value is -2.48. The molecule has 0 spiro atoms. The average molecular weight is 675 g/mol. The van der Waals surface area contributed by atoms with Crippen LogP contribution >= 0.6 is 0 Å². The molecule has 2 rings (SSSR count). The molecule has 0 aliphatic carbocycles. The highest BCUT2D eigenvalue weighted by atomic mass is 16.7. The summed E-state index contributed by atoms with van der Waals surface area (Å²) < 4.78 is 21.6. The molecule has 0 aromatic heterocycles. The molecule has 2 saturated heterocycles. The molecule has 2 aliphatic heterocycles. The maximum absolute atomic E-state index is 12.4. The van der Waals surface area contributed by atoms with Crippen molar-refractivity contribution < 1.29 is 94.3 Å². The molecule has 15 atom stereocenters. The van der Waals surface area contributed by atoms with Crippen molar-refractivity contribution in [3.63, 3.8) is 0 Å². The number of hydrogen-bond acceptors (Lipinski definition) is 18. The molecule has 0 aromatic rings. The van der Waals surface area contributed by atoms with Gasteiger partial charge in [0.1, 0.15) is 73.4 Å². The molecular weight excluding hydrogens is 632 g/mol. The van der Waals surface area contributed by atoms with E-state index in [1.54, 1.807) is 0 Å². The molecule has 13 N–H and O–H groups in total. The van der Waals surface area contributed by atoms with Crippen LogP contribution in [0.3, 0.4) is 0 Å². The summed E-state index contributed by atoms with van der Waals surface area (Å²) in [6, 6.07) is -3.21. The van der Waals surface area contributed by atoms with Gasteiger partial charge in [-0.2, -0.15) is 0 Å². The number of carboxylic acid groups (broad SMARTS) is 1. The average Bonchev–Trinajstić information content (AvgIpc) is 3.00. The van der Waals surface area contributed by atoms with E-state index in [2.05, 4.69) is 10.6 Å². The summed E-state index contributed by atoms with van der Waals surface area (Å²) in [6.07, 6.45) is -24.7. The Bertz CT molecular complexity index is 1040. The van der Waals surface area contributed by atoms with Gasteiger partial charge in [0.05, 0.1) is 32.0 Å². The molecule has 0 radical (unpaired) electrons. The minimum atomic E-state index is -2.88. The van der Waals surface area contributed by atoms with E-state index in [4.69, 9.17) is 18.9 Å². The number of carboxylic acids is 1. The van der Waals surface area contributed by atoms with Crippen LogP contribution in [0, 0.1) is 0 Å². The van der Waals surface area contributed by atoms with Crippen molar-refractivity contribution >= 4 is 24.1 Å². The number of aliphatic carboxylic acids is 1. The Morgan fingerprint density at radius 1 is 0.957 bits per heavy atom. The first-order chi connectivity index (χ1) is 21.4. The summed E-state index contributed by atoms with van der Waals surface area (Å²) in [4.78, 5) is 47.0. The van der Waals surface area contributed by atoms with Gasteiger partial charge in [-0.05, 0) is 0 Å². The zero-order valence-electron chi connectivity index (χ0n) is 24.7. The number of carbonyl (C=O) groups is 4. The second-order valence-electron chi connectivity index (χ2n) is 10.9. The quantitative estimate of drug-likeness (QED) is 0.0676. The number of rotatable bonds is 16. The summed E-state index contributed by atoms with van der Waals surface area (Å²) in [7, 11) is 0. The molecule has 2 amide bonds. The zero-order valence-corrected chi connectivity index (χ0v) is 24.7. The van der Waals surface area contributed by atoms with Gasteiger partial charge in [0.2, 0.25) is 11.8 Å². The van der Waals surface area contributed by atoms with E-state index in [0.29, 0.717) is 0 Å². The fourth-order valence-corrected chi connectivity index (χ4v) is 4.96. The highest BCUT2D eigenvalue weighted by Crippen LogP contribution is 2.35. The van der Waals surface area contributed by atoms with Crippen LogP contribution in [0.25, 0.3) is 0 Å². The third kappa shape index (κ3) is 9.32. The van der Waals surface area contributed by atoms with Gasteiger partial charge in [0, 0.05) is 20.3 Å². The lowest BCUT2D eigenvalue weighted by atomic mass is 9.88. The highest BCUT2D eigenvalue weighted by Gasteiger charge is 2.57. The van der Waals surface area contributed by atoms with Crippen LogP contribution < -0.4 is 10.6 Å². The number of aldehydes is 1. The van der Waals surface area contributed by atoms with Crippen LogP contribution in [0.5, 0.6) is 0 Å². The second-order valence-corrected chi connectivity index (χ2v) is 10.9. The molecule has 0 bridgehead atoms. The summed E-state index contributed by atoms with van der Waals surface area (Å²) in [5, 5.41) is 117. The van der Waals surface area contributed by atoms with E-state index in [0.717, 1.165) is 13.8 Å². The number of hydrogen-bond donors (Lipinski definition) is 13. The molecule has 46 heavy (non-hydrogen) atoms. The molecular formula is C25H42N2O19. The fourth-order valence-electron chi connectivity index (χ4n) is 4.96. The van der Waals surface area contributed by atoms with Gasteiger partial charge in [-0.15, -0.1) is 0 Å². The van der Waals surface area contributed by atoms with Crippen LogP contribution in [-0.2, 0) is 38.1 Å². The Morgan fingerprint density at radius 2 is 1.57 bits per heavy atom. The number of nitrogens with one attached hydrogen (secondary N) is 2. The predicted octanol–water partition coefficient (Wildman–Crippen LogP) is -8.24. The van der Waals surface area contributed by atoms with Gasteiger partial charge in [-0.25, -0.2) is 4.79 Å². The molecule has 0 unspecified atom stereocenters.